The van der Waals surface area contributed by atoms with Gasteiger partial charge in [0.15, 0.2) is 0 Å². The van der Waals surface area contributed by atoms with E-state index in [-0.39, 0.29) is 5.54 Å². The number of aromatic nitrogens is 2. The van der Waals surface area contributed by atoms with Crippen LogP contribution in [0.25, 0.3) is 0 Å². The molecule has 0 radical (unpaired) electrons. The Morgan fingerprint density at radius 3 is 2.64 bits per heavy atom. The van der Waals surface area contributed by atoms with E-state index in [4.69, 9.17) is 5.10 Å². The van der Waals surface area contributed by atoms with Crippen LogP contribution in [0.2, 0.25) is 0 Å². The molecule has 1 aromatic heterocycles. The Kier molecular flexibility index (Phi) is 5.22. The van der Waals surface area contributed by atoms with Crippen LogP contribution in [-0.4, -0.2) is 16.0 Å². The van der Waals surface area contributed by atoms with Gasteiger partial charge in [-0.3, -0.25) is 0 Å². The molecule has 0 aromatic carbocycles. The number of rotatable bonds is 5. The number of anilines is 1. The Morgan fingerprint density at radius 2 is 2.09 bits per heavy atom. The zero-order chi connectivity index (χ0) is 16.2. The van der Waals surface area contributed by atoms with E-state index >= 15 is 0 Å². The van der Waals surface area contributed by atoms with E-state index in [0.29, 0.717) is 5.92 Å². The lowest BCUT2D eigenvalue weighted by Gasteiger charge is -2.23. The standard InChI is InChI=1S/C18H28N4/c1-6-10-16(19-7-2)20-17-13-15(14-11-8-9-12-14)21-22(17)18(3,4)5/h6-7,10,13-14,20H,1,8-9,11-12H2,2-5H3/b16-10+,19-7?. The van der Waals surface area contributed by atoms with Gasteiger partial charge in [-0.25, -0.2) is 9.67 Å². The number of nitrogens with one attached hydrogen (secondary N) is 1. The molecule has 22 heavy (non-hydrogen) atoms. The van der Waals surface area contributed by atoms with Gasteiger partial charge in [0.05, 0.1) is 11.2 Å². The summed E-state index contributed by atoms with van der Waals surface area (Å²) in [5.74, 6) is 2.37. The van der Waals surface area contributed by atoms with Gasteiger partial charge in [0.1, 0.15) is 11.6 Å². The topological polar surface area (TPSA) is 42.2 Å². The molecule has 0 bridgehead atoms. The molecule has 0 unspecified atom stereocenters. The first kappa shape index (κ1) is 16.5. The van der Waals surface area contributed by atoms with Crippen molar-refractivity contribution in [2.24, 2.45) is 4.99 Å². The van der Waals surface area contributed by atoms with Gasteiger partial charge in [-0.1, -0.05) is 25.5 Å². The first-order chi connectivity index (χ1) is 10.5. The maximum atomic E-state index is 4.89. The lowest BCUT2D eigenvalue weighted by Crippen LogP contribution is -2.25. The van der Waals surface area contributed by atoms with Crippen LogP contribution in [0.3, 0.4) is 0 Å². The van der Waals surface area contributed by atoms with Crippen LogP contribution >= 0.6 is 0 Å². The summed E-state index contributed by atoms with van der Waals surface area (Å²) in [7, 11) is 0. The Labute approximate surface area is 134 Å². The minimum atomic E-state index is -0.0750. The van der Waals surface area contributed by atoms with Crippen LogP contribution in [0.1, 0.15) is 65.0 Å². The van der Waals surface area contributed by atoms with Crippen molar-refractivity contribution in [3.8, 4) is 0 Å². The third-order valence-electron chi connectivity index (χ3n) is 3.94. The third-order valence-corrected chi connectivity index (χ3v) is 3.94. The normalized spacial score (nSPS) is 17.4. The molecule has 0 aliphatic heterocycles. The van der Waals surface area contributed by atoms with Crippen LogP contribution in [0.15, 0.2) is 35.6 Å². The fourth-order valence-electron chi connectivity index (χ4n) is 2.92. The van der Waals surface area contributed by atoms with Gasteiger partial charge in [-0.2, -0.15) is 5.10 Å². The Hall–Kier alpha value is -1.84. The summed E-state index contributed by atoms with van der Waals surface area (Å²) in [5, 5.41) is 8.28. The van der Waals surface area contributed by atoms with Crippen LogP contribution < -0.4 is 5.32 Å². The first-order valence-corrected chi connectivity index (χ1v) is 8.14. The van der Waals surface area contributed by atoms with Crippen molar-refractivity contribution in [2.45, 2.75) is 64.8 Å². The Morgan fingerprint density at radius 1 is 1.41 bits per heavy atom. The molecule has 1 N–H and O–H groups in total. The van der Waals surface area contributed by atoms with E-state index < -0.39 is 0 Å². The molecule has 1 saturated carbocycles. The highest BCUT2D eigenvalue weighted by Gasteiger charge is 2.25. The minimum absolute atomic E-state index is 0.0750. The molecule has 4 nitrogen and oxygen atoms in total. The molecule has 0 spiro atoms. The summed E-state index contributed by atoms with van der Waals surface area (Å²) in [5.41, 5.74) is 1.13. The van der Waals surface area contributed by atoms with Crippen molar-refractivity contribution < 1.29 is 0 Å². The second-order valence-electron chi connectivity index (χ2n) is 6.82. The second-order valence-corrected chi connectivity index (χ2v) is 6.82. The molecule has 0 atom stereocenters. The smallest absolute Gasteiger partial charge is 0.130 e. The fraction of sp³-hybridized carbons (Fsp3) is 0.556. The van der Waals surface area contributed by atoms with Gasteiger partial charge >= 0.3 is 0 Å². The summed E-state index contributed by atoms with van der Waals surface area (Å²) in [6.45, 7) is 12.2. The molecular weight excluding hydrogens is 272 g/mol. The molecule has 1 aromatic rings. The highest BCUT2D eigenvalue weighted by atomic mass is 15.4. The second kappa shape index (κ2) is 6.95. The molecule has 0 amide bonds. The van der Waals surface area contributed by atoms with Gasteiger partial charge < -0.3 is 5.32 Å². The third kappa shape index (κ3) is 3.87. The van der Waals surface area contributed by atoms with Crippen molar-refractivity contribution in [1.82, 2.24) is 9.78 Å². The number of nitrogens with zero attached hydrogens (tertiary/aromatic N) is 3. The fourth-order valence-corrected chi connectivity index (χ4v) is 2.92. The highest BCUT2D eigenvalue weighted by Crippen LogP contribution is 2.35. The van der Waals surface area contributed by atoms with Crippen LogP contribution in [0, 0.1) is 0 Å². The van der Waals surface area contributed by atoms with E-state index in [0.717, 1.165) is 11.6 Å². The summed E-state index contributed by atoms with van der Waals surface area (Å²) < 4.78 is 2.07. The molecule has 1 aliphatic carbocycles. The molecule has 1 fully saturated rings. The Bertz CT molecular complexity index is 566. The quantitative estimate of drug-likeness (QED) is 0.625. The molecule has 0 saturated heterocycles. The van der Waals surface area contributed by atoms with Gasteiger partial charge in [0, 0.05) is 18.2 Å². The summed E-state index contributed by atoms with van der Waals surface area (Å²) in [6.07, 6.45) is 10.5. The maximum absolute atomic E-state index is 4.89. The van der Waals surface area contributed by atoms with E-state index in [1.54, 1.807) is 12.3 Å². The number of hydrogen-bond acceptors (Lipinski definition) is 3. The highest BCUT2D eigenvalue weighted by molar-refractivity contribution is 5.57. The molecule has 1 aliphatic rings. The SMILES string of the molecule is C=C/C=C(\N=CC)Nc1cc(C2CCCC2)nn1C(C)(C)C. The lowest BCUT2D eigenvalue weighted by molar-refractivity contribution is 0.356. The monoisotopic (exact) mass is 300 g/mol. The maximum Gasteiger partial charge on any atom is 0.130 e. The van der Waals surface area contributed by atoms with Gasteiger partial charge in [-0.15, -0.1) is 0 Å². The van der Waals surface area contributed by atoms with Crippen molar-refractivity contribution in [3.05, 3.63) is 36.3 Å². The van der Waals surface area contributed by atoms with Crippen LogP contribution in [-0.2, 0) is 5.54 Å². The lowest BCUT2D eigenvalue weighted by atomic mass is 10.0. The zero-order valence-corrected chi connectivity index (χ0v) is 14.3. The van der Waals surface area contributed by atoms with E-state index in [1.165, 1.54) is 31.4 Å². The summed E-state index contributed by atoms with van der Waals surface area (Å²) >= 11 is 0. The van der Waals surface area contributed by atoms with Gasteiger partial charge in [-0.05, 0) is 46.6 Å². The average Bonchev–Trinajstić information content (AvgIpc) is 3.06. The molecule has 2 rings (SSSR count). The zero-order valence-electron chi connectivity index (χ0n) is 14.3. The summed E-state index contributed by atoms with van der Waals surface area (Å²) in [6, 6.07) is 2.18. The van der Waals surface area contributed by atoms with Crippen LogP contribution in [0.5, 0.6) is 0 Å². The molecule has 4 heteroatoms. The average molecular weight is 300 g/mol. The summed E-state index contributed by atoms with van der Waals surface area (Å²) in [4.78, 5) is 4.35. The predicted octanol–water partition coefficient (Wildman–Crippen LogP) is 4.83. The number of hydrogen-bond donors (Lipinski definition) is 1. The van der Waals surface area contributed by atoms with Crippen molar-refractivity contribution in [2.75, 3.05) is 5.32 Å². The number of allylic oxidation sites excluding steroid dienone is 2. The van der Waals surface area contributed by atoms with E-state index in [9.17, 15) is 0 Å². The van der Waals surface area contributed by atoms with Crippen molar-refractivity contribution in [3.63, 3.8) is 0 Å². The van der Waals surface area contributed by atoms with Gasteiger partial charge in [0.25, 0.3) is 0 Å². The van der Waals surface area contributed by atoms with E-state index in [2.05, 4.69) is 48.4 Å². The first-order valence-electron chi connectivity index (χ1n) is 8.14. The predicted molar refractivity (Wildman–Crippen MR) is 94.5 cm³/mol. The molecule has 120 valence electrons. The largest absolute Gasteiger partial charge is 0.325 e. The minimum Gasteiger partial charge on any atom is -0.325 e. The van der Waals surface area contributed by atoms with Gasteiger partial charge in [0.2, 0.25) is 0 Å². The Balaban J connectivity index is 2.35. The van der Waals surface area contributed by atoms with Crippen molar-refractivity contribution >= 4 is 12.0 Å². The molecule has 1 heterocycles. The molecular formula is C18H28N4. The number of aliphatic imine (C=N–C) groups is 1. The van der Waals surface area contributed by atoms with E-state index in [1.807, 2.05) is 13.0 Å². The van der Waals surface area contributed by atoms with Crippen molar-refractivity contribution in [1.29, 1.82) is 0 Å². The van der Waals surface area contributed by atoms with Crippen LogP contribution in [0.4, 0.5) is 5.82 Å².